The predicted molar refractivity (Wildman–Crippen MR) is 129 cm³/mol. The molecule has 1 heterocycles. The minimum absolute atomic E-state index is 0.108. The molecule has 2 aliphatic rings. The van der Waals surface area contributed by atoms with Crippen molar-refractivity contribution in [3.63, 3.8) is 0 Å². The summed E-state index contributed by atoms with van der Waals surface area (Å²) in [4.78, 5) is 37.5. The normalized spacial score (nSPS) is 19.3. The van der Waals surface area contributed by atoms with Crippen LogP contribution in [0.5, 0.6) is 0 Å². The molecule has 1 saturated carbocycles. The number of benzene rings is 2. The van der Waals surface area contributed by atoms with Gasteiger partial charge in [-0.3, -0.25) is 4.79 Å². The second-order valence-corrected chi connectivity index (χ2v) is 9.55. The Bertz CT molecular complexity index is 1210. The van der Waals surface area contributed by atoms with Crippen molar-refractivity contribution in [2.45, 2.75) is 57.3 Å². The van der Waals surface area contributed by atoms with Crippen molar-refractivity contribution in [1.29, 1.82) is 0 Å². The van der Waals surface area contributed by atoms with Crippen LogP contribution < -0.4 is 10.6 Å². The maximum Gasteiger partial charge on any atom is 0.418 e. The number of carbonyl (C=O) groups is 3. The summed E-state index contributed by atoms with van der Waals surface area (Å²) in [6, 6.07) is 6.06. The third-order valence-electron chi connectivity index (χ3n) is 6.79. The van der Waals surface area contributed by atoms with E-state index in [4.69, 9.17) is 9.84 Å². The Morgan fingerprint density at radius 3 is 2.42 bits per heavy atom. The number of amides is 3. The highest BCUT2D eigenvalue weighted by Gasteiger charge is 2.34. The Morgan fingerprint density at radius 2 is 1.74 bits per heavy atom. The summed E-state index contributed by atoms with van der Waals surface area (Å²) >= 11 is 0. The Kier molecular flexibility index (Phi) is 8.08. The molecular weight excluding hydrogens is 510 g/mol. The molecule has 204 valence electrons. The summed E-state index contributed by atoms with van der Waals surface area (Å²) in [6.45, 7) is 0.694. The van der Waals surface area contributed by atoms with Crippen LogP contribution in [0.1, 0.15) is 48.8 Å². The van der Waals surface area contributed by atoms with E-state index in [1.54, 1.807) is 23.1 Å². The number of rotatable bonds is 5. The van der Waals surface area contributed by atoms with E-state index in [0.717, 1.165) is 23.3 Å². The number of urea groups is 1. The predicted octanol–water partition coefficient (Wildman–Crippen LogP) is 6.02. The molecule has 12 heteroatoms. The lowest BCUT2D eigenvalue weighted by molar-refractivity contribution is -0.139. The maximum atomic E-state index is 13.3. The molecule has 0 spiro atoms. The van der Waals surface area contributed by atoms with E-state index in [2.05, 4.69) is 10.6 Å². The van der Waals surface area contributed by atoms with Crippen LogP contribution >= 0.6 is 0 Å². The number of hydrogen-bond donors (Lipinski definition) is 3. The van der Waals surface area contributed by atoms with Gasteiger partial charge in [0.2, 0.25) is 0 Å². The second-order valence-electron chi connectivity index (χ2n) is 9.55. The van der Waals surface area contributed by atoms with Gasteiger partial charge in [0.1, 0.15) is 11.9 Å². The zero-order chi connectivity index (χ0) is 27.4. The van der Waals surface area contributed by atoms with Gasteiger partial charge in [-0.2, -0.15) is 13.2 Å². The number of carboxylic acids is 1. The molecule has 3 amide bonds. The van der Waals surface area contributed by atoms with Crippen LogP contribution in [0.15, 0.2) is 36.4 Å². The van der Waals surface area contributed by atoms with Gasteiger partial charge in [-0.05, 0) is 79.5 Å². The summed E-state index contributed by atoms with van der Waals surface area (Å²) in [7, 11) is 0. The standard InChI is InChI=1S/C26H27F4N3O5/c27-18-4-8-22(21(13-18)26(28,29)30)32-24(36)31-19-5-3-17-14-33(10-9-16(17)12-19)25(37)38-20-6-1-15(2-7-20)11-23(34)35/h3-5,8,12-13,15,20H,1-2,6-7,9-11,14H2,(H,34,35)(H2,31,32,36)/t15-,20-. The van der Waals surface area contributed by atoms with Gasteiger partial charge in [0.25, 0.3) is 0 Å². The molecule has 0 unspecified atom stereocenters. The van der Waals surface area contributed by atoms with Crippen LogP contribution in [-0.2, 0) is 28.7 Å². The number of nitrogens with zero attached hydrogens (tertiary/aromatic N) is 1. The summed E-state index contributed by atoms with van der Waals surface area (Å²) in [5.74, 6) is -1.78. The van der Waals surface area contributed by atoms with Gasteiger partial charge in [-0.25, -0.2) is 14.0 Å². The SMILES string of the molecule is O=C(O)C[C@H]1CC[C@H](OC(=O)N2CCc3cc(NC(=O)Nc4ccc(F)cc4C(F)(F)F)ccc3C2)CC1. The van der Waals surface area contributed by atoms with Crippen molar-refractivity contribution in [2.75, 3.05) is 17.2 Å². The molecule has 0 aromatic heterocycles. The van der Waals surface area contributed by atoms with Gasteiger partial charge < -0.3 is 25.4 Å². The third-order valence-corrected chi connectivity index (χ3v) is 6.79. The quantitative estimate of drug-likeness (QED) is 0.405. The number of carbonyl (C=O) groups excluding carboxylic acids is 2. The molecule has 0 bridgehead atoms. The number of anilines is 2. The van der Waals surface area contributed by atoms with E-state index in [1.165, 1.54) is 0 Å². The van der Waals surface area contributed by atoms with Crippen LogP contribution in [0.25, 0.3) is 0 Å². The average Bonchev–Trinajstić information content (AvgIpc) is 2.85. The first-order valence-corrected chi connectivity index (χ1v) is 12.2. The second kappa shape index (κ2) is 11.3. The van der Waals surface area contributed by atoms with Gasteiger partial charge in [0.15, 0.2) is 0 Å². The highest BCUT2D eigenvalue weighted by molar-refractivity contribution is 6.00. The molecule has 1 aliphatic heterocycles. The Morgan fingerprint density at radius 1 is 1.00 bits per heavy atom. The fourth-order valence-electron chi connectivity index (χ4n) is 4.85. The largest absolute Gasteiger partial charge is 0.481 e. The number of nitrogens with one attached hydrogen (secondary N) is 2. The highest BCUT2D eigenvalue weighted by Crippen LogP contribution is 2.35. The lowest BCUT2D eigenvalue weighted by Gasteiger charge is -2.32. The number of fused-ring (bicyclic) bond motifs is 1. The Labute approximate surface area is 216 Å². The first kappa shape index (κ1) is 27.2. The van der Waals surface area contributed by atoms with E-state index >= 15 is 0 Å². The average molecular weight is 538 g/mol. The minimum atomic E-state index is -4.84. The molecule has 38 heavy (non-hydrogen) atoms. The smallest absolute Gasteiger partial charge is 0.418 e. The molecule has 0 radical (unpaired) electrons. The lowest BCUT2D eigenvalue weighted by Crippen LogP contribution is -2.39. The van der Waals surface area contributed by atoms with E-state index < -0.39 is 41.3 Å². The zero-order valence-electron chi connectivity index (χ0n) is 20.3. The molecule has 0 atom stereocenters. The number of halogens is 4. The van der Waals surface area contributed by atoms with E-state index in [0.29, 0.717) is 56.9 Å². The summed E-state index contributed by atoms with van der Waals surface area (Å²) in [6.07, 6.45) is -2.22. The number of carboxylic acid groups (broad SMARTS) is 1. The third kappa shape index (κ3) is 6.93. The van der Waals surface area contributed by atoms with E-state index in [9.17, 15) is 31.9 Å². The van der Waals surface area contributed by atoms with Gasteiger partial charge >= 0.3 is 24.3 Å². The van der Waals surface area contributed by atoms with Crippen LogP contribution in [0.4, 0.5) is 38.5 Å². The van der Waals surface area contributed by atoms with Crippen molar-refractivity contribution < 1.29 is 41.8 Å². The number of alkyl halides is 3. The van der Waals surface area contributed by atoms with Crippen molar-refractivity contribution in [2.24, 2.45) is 5.92 Å². The molecule has 2 aromatic carbocycles. The van der Waals surface area contributed by atoms with Crippen molar-refractivity contribution in [1.82, 2.24) is 4.90 Å². The van der Waals surface area contributed by atoms with Crippen LogP contribution in [0.3, 0.4) is 0 Å². The maximum absolute atomic E-state index is 13.3. The van der Waals surface area contributed by atoms with Crippen molar-refractivity contribution >= 4 is 29.5 Å². The van der Waals surface area contributed by atoms with Gasteiger partial charge in [0, 0.05) is 25.2 Å². The molecule has 8 nitrogen and oxygen atoms in total. The van der Waals surface area contributed by atoms with Crippen LogP contribution in [-0.4, -0.2) is 40.7 Å². The monoisotopic (exact) mass is 537 g/mol. The van der Waals surface area contributed by atoms with Gasteiger partial charge in [-0.15, -0.1) is 0 Å². The molecule has 2 aromatic rings. The molecule has 4 rings (SSSR count). The topological polar surface area (TPSA) is 108 Å². The fraction of sp³-hybridized carbons (Fsp3) is 0.423. The molecule has 0 saturated heterocycles. The molecular formula is C26H27F4N3O5. The van der Waals surface area contributed by atoms with E-state index in [-0.39, 0.29) is 18.4 Å². The summed E-state index contributed by atoms with van der Waals surface area (Å²) in [5, 5.41) is 13.5. The lowest BCUT2D eigenvalue weighted by atomic mass is 9.85. The first-order chi connectivity index (χ1) is 18.0. The Balaban J connectivity index is 1.31. The van der Waals surface area contributed by atoms with Crippen molar-refractivity contribution in [3.05, 3.63) is 58.9 Å². The number of ether oxygens (including phenoxy) is 1. The van der Waals surface area contributed by atoms with Crippen LogP contribution in [0, 0.1) is 11.7 Å². The minimum Gasteiger partial charge on any atom is -0.481 e. The highest BCUT2D eigenvalue weighted by atomic mass is 19.4. The first-order valence-electron chi connectivity index (χ1n) is 12.2. The molecule has 1 fully saturated rings. The number of aliphatic carboxylic acids is 1. The fourth-order valence-corrected chi connectivity index (χ4v) is 4.85. The Hall–Kier alpha value is -3.83. The summed E-state index contributed by atoms with van der Waals surface area (Å²) in [5.41, 5.74) is 0.212. The summed E-state index contributed by atoms with van der Waals surface area (Å²) < 4.78 is 58.5. The van der Waals surface area contributed by atoms with E-state index in [1.807, 2.05) is 0 Å². The zero-order valence-corrected chi connectivity index (χ0v) is 20.3. The van der Waals surface area contributed by atoms with Gasteiger partial charge in [0.05, 0.1) is 11.3 Å². The molecule has 1 aliphatic carbocycles. The van der Waals surface area contributed by atoms with Crippen molar-refractivity contribution in [3.8, 4) is 0 Å². The number of hydrogen-bond acceptors (Lipinski definition) is 4. The van der Waals surface area contributed by atoms with Crippen LogP contribution in [0.2, 0.25) is 0 Å². The van der Waals surface area contributed by atoms with Gasteiger partial charge in [-0.1, -0.05) is 6.07 Å². The molecule has 3 N–H and O–H groups in total.